The summed E-state index contributed by atoms with van der Waals surface area (Å²) in [5, 5.41) is 3.42. The van der Waals surface area contributed by atoms with Crippen molar-refractivity contribution < 1.29 is 0 Å². The molecule has 1 aliphatic carbocycles. The topological polar surface area (TPSA) is 0 Å². The van der Waals surface area contributed by atoms with Crippen LogP contribution in [0.15, 0.2) is 36.4 Å². The normalized spacial score (nSPS) is 16.1. The van der Waals surface area contributed by atoms with E-state index in [1.807, 2.05) is 12.1 Å². The molecule has 2 aromatic carbocycles. The van der Waals surface area contributed by atoms with Crippen molar-refractivity contribution in [3.8, 4) is 0 Å². The Kier molecular flexibility index (Phi) is 1.78. The van der Waals surface area contributed by atoms with Gasteiger partial charge in [0, 0.05) is 10.4 Å². The average molecular weight is 203 g/mol. The molecular weight excluding hydrogens is 192 g/mol. The average Bonchev–Trinajstić information content (AvgIpc) is 3.01. The molecule has 14 heavy (non-hydrogen) atoms. The van der Waals surface area contributed by atoms with Crippen LogP contribution in [0.25, 0.3) is 10.8 Å². The fraction of sp³-hybridized carbons (Fsp3) is 0.231. The Bertz CT molecular complexity index is 478. The molecule has 1 fully saturated rings. The summed E-state index contributed by atoms with van der Waals surface area (Å²) in [6.07, 6.45) is 2.65. The molecule has 70 valence electrons. The van der Waals surface area contributed by atoms with Gasteiger partial charge in [-0.3, -0.25) is 0 Å². The highest BCUT2D eigenvalue weighted by Crippen LogP contribution is 2.44. The number of fused-ring (bicyclic) bond motifs is 1. The summed E-state index contributed by atoms with van der Waals surface area (Å²) in [6.45, 7) is 0. The molecule has 0 N–H and O–H groups in total. The van der Waals surface area contributed by atoms with E-state index in [2.05, 4.69) is 24.3 Å². The predicted molar refractivity (Wildman–Crippen MR) is 60.9 cm³/mol. The van der Waals surface area contributed by atoms with Gasteiger partial charge in [0.25, 0.3) is 0 Å². The molecule has 0 unspecified atom stereocenters. The predicted octanol–water partition coefficient (Wildman–Crippen LogP) is 4.37. The van der Waals surface area contributed by atoms with E-state index < -0.39 is 0 Å². The maximum atomic E-state index is 6.23. The summed E-state index contributed by atoms with van der Waals surface area (Å²) in [7, 11) is 0. The summed E-state index contributed by atoms with van der Waals surface area (Å²) >= 11 is 6.23. The Balaban J connectivity index is 2.37. The Morgan fingerprint density at radius 3 is 2.43 bits per heavy atom. The molecule has 0 nitrogen and oxygen atoms in total. The maximum Gasteiger partial charge on any atom is 0.0487 e. The van der Waals surface area contributed by atoms with E-state index in [0.29, 0.717) is 0 Å². The van der Waals surface area contributed by atoms with Crippen molar-refractivity contribution in [2.24, 2.45) is 0 Å². The van der Waals surface area contributed by atoms with Crippen molar-refractivity contribution in [2.75, 3.05) is 0 Å². The second-order valence-electron chi connectivity index (χ2n) is 3.96. The zero-order valence-electron chi connectivity index (χ0n) is 7.83. The highest BCUT2D eigenvalue weighted by atomic mass is 35.5. The molecule has 3 rings (SSSR count). The largest absolute Gasteiger partial charge is 0.0837 e. The van der Waals surface area contributed by atoms with Crippen molar-refractivity contribution in [3.05, 3.63) is 47.0 Å². The fourth-order valence-corrected chi connectivity index (χ4v) is 2.35. The number of halogens is 1. The first-order chi connectivity index (χ1) is 6.86. The second kappa shape index (κ2) is 2.99. The molecular formula is C13H11Cl. The van der Waals surface area contributed by atoms with Crippen molar-refractivity contribution >= 4 is 22.4 Å². The van der Waals surface area contributed by atoms with E-state index in [9.17, 15) is 0 Å². The van der Waals surface area contributed by atoms with Crippen molar-refractivity contribution in [2.45, 2.75) is 18.8 Å². The first-order valence-corrected chi connectivity index (χ1v) is 5.41. The van der Waals surface area contributed by atoms with Crippen LogP contribution in [-0.2, 0) is 0 Å². The summed E-state index contributed by atoms with van der Waals surface area (Å²) in [5.74, 6) is 0.763. The lowest BCUT2D eigenvalue weighted by atomic mass is 10.0. The summed E-state index contributed by atoms with van der Waals surface area (Å²) in [6, 6.07) is 12.6. The Morgan fingerprint density at radius 1 is 1.00 bits per heavy atom. The van der Waals surface area contributed by atoms with Crippen LogP contribution >= 0.6 is 11.6 Å². The molecule has 0 aliphatic heterocycles. The van der Waals surface area contributed by atoms with Crippen molar-refractivity contribution in [3.63, 3.8) is 0 Å². The first-order valence-electron chi connectivity index (χ1n) is 5.03. The molecule has 0 bridgehead atoms. The molecule has 0 radical (unpaired) electrons. The maximum absolute atomic E-state index is 6.23. The van der Waals surface area contributed by atoms with Gasteiger partial charge in [-0.25, -0.2) is 0 Å². The van der Waals surface area contributed by atoms with Crippen molar-refractivity contribution in [1.82, 2.24) is 0 Å². The van der Waals surface area contributed by atoms with Crippen LogP contribution in [0, 0.1) is 0 Å². The lowest BCUT2D eigenvalue weighted by Gasteiger charge is -2.06. The third-order valence-electron chi connectivity index (χ3n) is 2.90. The van der Waals surface area contributed by atoms with Crippen LogP contribution in [0.1, 0.15) is 24.3 Å². The van der Waals surface area contributed by atoms with E-state index in [4.69, 9.17) is 11.6 Å². The van der Waals surface area contributed by atoms with Gasteiger partial charge in [-0.2, -0.15) is 0 Å². The quantitative estimate of drug-likeness (QED) is 0.644. The molecule has 0 spiro atoms. The SMILES string of the molecule is Clc1cccc2cccc(C3CC3)c12. The van der Waals surface area contributed by atoms with Gasteiger partial charge in [0.05, 0.1) is 0 Å². The minimum absolute atomic E-state index is 0.763. The van der Waals surface area contributed by atoms with Crippen LogP contribution in [0.5, 0.6) is 0 Å². The first kappa shape index (κ1) is 8.31. The molecule has 1 heteroatoms. The van der Waals surface area contributed by atoms with Crippen LogP contribution in [-0.4, -0.2) is 0 Å². The number of hydrogen-bond acceptors (Lipinski definition) is 0. The van der Waals surface area contributed by atoms with Crippen LogP contribution < -0.4 is 0 Å². The monoisotopic (exact) mass is 202 g/mol. The fourth-order valence-electron chi connectivity index (χ4n) is 2.06. The summed E-state index contributed by atoms with van der Waals surface area (Å²) in [5.41, 5.74) is 1.44. The Hall–Kier alpha value is -1.01. The second-order valence-corrected chi connectivity index (χ2v) is 4.37. The molecule has 0 heterocycles. The zero-order valence-corrected chi connectivity index (χ0v) is 8.59. The van der Waals surface area contributed by atoms with Crippen molar-refractivity contribution in [1.29, 1.82) is 0 Å². The number of rotatable bonds is 1. The van der Waals surface area contributed by atoms with E-state index >= 15 is 0 Å². The van der Waals surface area contributed by atoms with Gasteiger partial charge in [-0.1, -0.05) is 41.9 Å². The highest BCUT2D eigenvalue weighted by molar-refractivity contribution is 6.35. The molecule has 0 saturated heterocycles. The lowest BCUT2D eigenvalue weighted by molar-refractivity contribution is 1.15. The standard InChI is InChI=1S/C13H11Cl/c14-12-6-2-4-10-3-1-5-11(13(10)12)9-7-8-9/h1-6,9H,7-8H2. The molecule has 0 atom stereocenters. The van der Waals surface area contributed by atoms with Gasteiger partial charge in [0.15, 0.2) is 0 Å². The van der Waals surface area contributed by atoms with E-state index in [1.165, 1.54) is 29.2 Å². The van der Waals surface area contributed by atoms with Crippen LogP contribution in [0.2, 0.25) is 5.02 Å². The molecule has 2 aromatic rings. The van der Waals surface area contributed by atoms with E-state index in [-0.39, 0.29) is 0 Å². The van der Waals surface area contributed by atoms with Crippen LogP contribution in [0.3, 0.4) is 0 Å². The lowest BCUT2D eigenvalue weighted by Crippen LogP contribution is -1.83. The Labute approximate surface area is 88.5 Å². The smallest absolute Gasteiger partial charge is 0.0487 e. The van der Waals surface area contributed by atoms with Gasteiger partial charge in [0.1, 0.15) is 0 Å². The highest BCUT2D eigenvalue weighted by Gasteiger charge is 2.25. The molecule has 0 amide bonds. The summed E-state index contributed by atoms with van der Waals surface area (Å²) < 4.78 is 0. The Morgan fingerprint density at radius 2 is 1.71 bits per heavy atom. The number of benzene rings is 2. The van der Waals surface area contributed by atoms with Gasteiger partial charge < -0.3 is 0 Å². The van der Waals surface area contributed by atoms with E-state index in [0.717, 1.165) is 10.9 Å². The third kappa shape index (κ3) is 1.22. The minimum atomic E-state index is 0.763. The van der Waals surface area contributed by atoms with Gasteiger partial charge in [-0.05, 0) is 35.8 Å². The van der Waals surface area contributed by atoms with Crippen LogP contribution in [0.4, 0.5) is 0 Å². The summed E-state index contributed by atoms with van der Waals surface area (Å²) in [4.78, 5) is 0. The van der Waals surface area contributed by atoms with Gasteiger partial charge >= 0.3 is 0 Å². The zero-order chi connectivity index (χ0) is 9.54. The number of hydrogen-bond donors (Lipinski definition) is 0. The van der Waals surface area contributed by atoms with E-state index in [1.54, 1.807) is 0 Å². The molecule has 1 aliphatic rings. The molecule has 1 saturated carbocycles. The van der Waals surface area contributed by atoms with Gasteiger partial charge in [0.2, 0.25) is 0 Å². The van der Waals surface area contributed by atoms with Gasteiger partial charge in [-0.15, -0.1) is 0 Å². The molecule has 0 aromatic heterocycles. The minimum Gasteiger partial charge on any atom is -0.0837 e. The third-order valence-corrected chi connectivity index (χ3v) is 3.22.